The first-order valence-electron chi connectivity index (χ1n) is 9.51. The van der Waals surface area contributed by atoms with E-state index < -0.39 is 6.10 Å². The summed E-state index contributed by atoms with van der Waals surface area (Å²) in [6.07, 6.45) is 6.99. The highest BCUT2D eigenvalue weighted by molar-refractivity contribution is 5.81. The Morgan fingerprint density at radius 3 is 2.30 bits per heavy atom. The third-order valence-corrected chi connectivity index (χ3v) is 5.90. The van der Waals surface area contributed by atoms with E-state index in [-0.39, 0.29) is 11.8 Å². The maximum atomic E-state index is 12.5. The van der Waals surface area contributed by atoms with E-state index in [2.05, 4.69) is 4.90 Å². The van der Waals surface area contributed by atoms with Gasteiger partial charge in [0.05, 0.1) is 13.2 Å². The number of carbonyl (C=O) groups excluding carboxylic acids is 1. The number of piperidine rings is 1. The van der Waals surface area contributed by atoms with E-state index in [0.29, 0.717) is 5.92 Å². The van der Waals surface area contributed by atoms with Crippen molar-refractivity contribution >= 4 is 5.91 Å². The molecule has 0 radical (unpaired) electrons. The molecule has 0 bridgehead atoms. The minimum Gasteiger partial charge on any atom is -0.383 e. The zero-order valence-corrected chi connectivity index (χ0v) is 14.3. The highest BCUT2D eigenvalue weighted by Gasteiger charge is 2.33. The molecule has 3 rings (SSSR count). The van der Waals surface area contributed by atoms with E-state index in [4.69, 9.17) is 4.74 Å². The molecular formula is C18H32N2O3. The van der Waals surface area contributed by atoms with Crippen LogP contribution >= 0.6 is 0 Å². The number of hydrogen-bond acceptors (Lipinski definition) is 4. The van der Waals surface area contributed by atoms with E-state index in [9.17, 15) is 9.90 Å². The first-order chi connectivity index (χ1) is 11.2. The Bertz CT molecular complexity index is 370. The third kappa shape index (κ3) is 4.68. The van der Waals surface area contributed by atoms with Crippen molar-refractivity contribution in [3.8, 4) is 0 Å². The molecule has 132 valence electrons. The second-order valence-corrected chi connectivity index (χ2v) is 7.52. The van der Waals surface area contributed by atoms with Crippen LogP contribution < -0.4 is 0 Å². The minimum atomic E-state index is -0.758. The molecule has 1 N–H and O–H groups in total. The van der Waals surface area contributed by atoms with Gasteiger partial charge in [-0.1, -0.05) is 19.3 Å². The molecular weight excluding hydrogens is 292 g/mol. The zero-order chi connectivity index (χ0) is 16.1. The van der Waals surface area contributed by atoms with E-state index in [1.54, 1.807) is 0 Å². The summed E-state index contributed by atoms with van der Waals surface area (Å²) >= 11 is 0. The fourth-order valence-electron chi connectivity index (χ4n) is 4.32. The van der Waals surface area contributed by atoms with Crippen molar-refractivity contribution in [1.82, 2.24) is 9.80 Å². The van der Waals surface area contributed by atoms with Crippen LogP contribution in [-0.2, 0) is 9.53 Å². The lowest BCUT2D eigenvalue weighted by Crippen LogP contribution is -2.48. The molecule has 1 saturated carbocycles. The predicted octanol–water partition coefficient (Wildman–Crippen LogP) is 1.50. The Labute approximate surface area is 140 Å². The number of nitrogens with zero attached hydrogens (tertiary/aromatic N) is 2. The largest absolute Gasteiger partial charge is 0.383 e. The van der Waals surface area contributed by atoms with Crippen LogP contribution in [0.3, 0.4) is 0 Å². The van der Waals surface area contributed by atoms with Gasteiger partial charge in [-0.05, 0) is 37.5 Å². The Morgan fingerprint density at radius 1 is 1.00 bits per heavy atom. The molecule has 2 aliphatic heterocycles. The number of amides is 1. The van der Waals surface area contributed by atoms with Gasteiger partial charge in [-0.25, -0.2) is 0 Å². The monoisotopic (exact) mass is 324 g/mol. The van der Waals surface area contributed by atoms with Gasteiger partial charge in [0, 0.05) is 32.7 Å². The second kappa shape index (κ2) is 8.45. The van der Waals surface area contributed by atoms with Gasteiger partial charge < -0.3 is 14.7 Å². The van der Waals surface area contributed by atoms with Crippen molar-refractivity contribution < 1.29 is 14.6 Å². The molecule has 1 unspecified atom stereocenters. The summed E-state index contributed by atoms with van der Waals surface area (Å²) in [6.45, 7) is 6.56. The number of likely N-dealkylation sites (tertiary alicyclic amines) is 1. The molecule has 3 aliphatic rings. The number of hydrogen-bond donors (Lipinski definition) is 1. The van der Waals surface area contributed by atoms with E-state index >= 15 is 0 Å². The first kappa shape index (κ1) is 17.2. The van der Waals surface area contributed by atoms with Crippen LogP contribution in [0.5, 0.6) is 0 Å². The van der Waals surface area contributed by atoms with Crippen LogP contribution in [-0.4, -0.2) is 72.9 Å². The maximum absolute atomic E-state index is 12.5. The van der Waals surface area contributed by atoms with Crippen LogP contribution in [0.15, 0.2) is 0 Å². The molecule has 5 nitrogen and oxygen atoms in total. The van der Waals surface area contributed by atoms with Crippen molar-refractivity contribution in [3.63, 3.8) is 0 Å². The first-order valence-corrected chi connectivity index (χ1v) is 9.51. The summed E-state index contributed by atoms with van der Waals surface area (Å²) in [7, 11) is 0. The normalized spacial score (nSPS) is 27.1. The molecule has 2 saturated heterocycles. The van der Waals surface area contributed by atoms with E-state index in [1.807, 2.05) is 4.90 Å². The smallest absolute Gasteiger partial charge is 0.251 e. The third-order valence-electron chi connectivity index (χ3n) is 5.90. The van der Waals surface area contributed by atoms with Crippen molar-refractivity contribution in [2.45, 2.75) is 51.0 Å². The molecule has 2 heterocycles. The predicted molar refractivity (Wildman–Crippen MR) is 89.1 cm³/mol. The lowest BCUT2D eigenvalue weighted by Gasteiger charge is -2.37. The molecule has 0 aromatic heterocycles. The van der Waals surface area contributed by atoms with Gasteiger partial charge in [-0.15, -0.1) is 0 Å². The quantitative estimate of drug-likeness (QED) is 0.851. The molecule has 0 aromatic rings. The molecule has 1 amide bonds. The van der Waals surface area contributed by atoms with Crippen molar-refractivity contribution in [2.75, 3.05) is 45.9 Å². The average Bonchev–Trinajstić information content (AvgIpc) is 2.63. The zero-order valence-electron chi connectivity index (χ0n) is 14.3. The van der Waals surface area contributed by atoms with Crippen LogP contribution in [0.1, 0.15) is 44.9 Å². The number of rotatable bonds is 4. The topological polar surface area (TPSA) is 53.0 Å². The number of aliphatic hydroxyl groups is 1. The highest BCUT2D eigenvalue weighted by atomic mass is 16.5. The van der Waals surface area contributed by atoms with Gasteiger partial charge in [0.25, 0.3) is 5.91 Å². The Balaban J connectivity index is 1.41. The lowest BCUT2D eigenvalue weighted by molar-refractivity contribution is -0.145. The molecule has 1 atom stereocenters. The van der Waals surface area contributed by atoms with Crippen LogP contribution in [0.4, 0.5) is 0 Å². The van der Waals surface area contributed by atoms with Gasteiger partial charge in [0.15, 0.2) is 0 Å². The van der Waals surface area contributed by atoms with Gasteiger partial charge in [-0.2, -0.15) is 0 Å². The summed E-state index contributed by atoms with van der Waals surface area (Å²) < 4.78 is 5.40. The summed E-state index contributed by atoms with van der Waals surface area (Å²) in [5.41, 5.74) is 0. The van der Waals surface area contributed by atoms with Crippen LogP contribution in [0.2, 0.25) is 0 Å². The number of aliphatic hydroxyl groups excluding tert-OH is 1. The summed E-state index contributed by atoms with van der Waals surface area (Å²) in [5.74, 6) is 0.869. The van der Waals surface area contributed by atoms with Crippen molar-refractivity contribution in [1.29, 1.82) is 0 Å². The standard InChI is InChI=1S/C18H32N2O3/c21-17(16-4-2-1-3-5-16)18(22)20-8-6-15(7-9-20)14-19-10-12-23-13-11-19/h15-17,21H,1-14H2. The van der Waals surface area contributed by atoms with E-state index in [1.165, 1.54) is 6.42 Å². The van der Waals surface area contributed by atoms with Gasteiger partial charge >= 0.3 is 0 Å². The van der Waals surface area contributed by atoms with Crippen molar-refractivity contribution in [2.24, 2.45) is 11.8 Å². The minimum absolute atomic E-state index is 0.0123. The molecule has 0 aromatic carbocycles. The summed E-state index contributed by atoms with van der Waals surface area (Å²) in [5, 5.41) is 10.4. The van der Waals surface area contributed by atoms with Gasteiger partial charge in [0.1, 0.15) is 6.10 Å². The second-order valence-electron chi connectivity index (χ2n) is 7.52. The number of ether oxygens (including phenoxy) is 1. The van der Waals surface area contributed by atoms with Crippen LogP contribution in [0, 0.1) is 11.8 Å². The summed E-state index contributed by atoms with van der Waals surface area (Å²) in [6, 6.07) is 0. The Morgan fingerprint density at radius 2 is 1.65 bits per heavy atom. The SMILES string of the molecule is O=C(C(O)C1CCCCC1)N1CCC(CN2CCOCC2)CC1. The van der Waals surface area contributed by atoms with Gasteiger partial charge in [0.2, 0.25) is 0 Å². The number of carbonyl (C=O) groups is 1. The lowest BCUT2D eigenvalue weighted by atomic mass is 9.84. The van der Waals surface area contributed by atoms with Crippen molar-refractivity contribution in [3.05, 3.63) is 0 Å². The molecule has 1 aliphatic carbocycles. The average molecular weight is 324 g/mol. The highest BCUT2D eigenvalue weighted by Crippen LogP contribution is 2.28. The Hall–Kier alpha value is -0.650. The molecule has 5 heteroatoms. The fraction of sp³-hybridized carbons (Fsp3) is 0.944. The van der Waals surface area contributed by atoms with Gasteiger partial charge in [-0.3, -0.25) is 9.69 Å². The van der Waals surface area contributed by atoms with Crippen LogP contribution in [0.25, 0.3) is 0 Å². The molecule has 3 fully saturated rings. The molecule has 23 heavy (non-hydrogen) atoms. The number of morpholine rings is 1. The van der Waals surface area contributed by atoms with E-state index in [0.717, 1.165) is 84.5 Å². The maximum Gasteiger partial charge on any atom is 0.251 e. The summed E-state index contributed by atoms with van der Waals surface area (Å²) in [4.78, 5) is 16.9. The molecule has 0 spiro atoms. The fourth-order valence-corrected chi connectivity index (χ4v) is 4.32. The Kier molecular flexibility index (Phi) is 6.31.